The number of hydrogen-bond donors (Lipinski definition) is 1. The number of aromatic nitrogens is 2. The second-order valence-electron chi connectivity index (χ2n) is 6.07. The largest absolute Gasteiger partial charge is 0.315 e. The van der Waals surface area contributed by atoms with Gasteiger partial charge in [0.25, 0.3) is 17.2 Å². The molecule has 142 valence electrons. The van der Waals surface area contributed by atoms with Gasteiger partial charge in [0.05, 0.1) is 11.5 Å². The minimum absolute atomic E-state index is 0.0546. The number of rotatable bonds is 5. The number of aryl methyl sites for hydroxylation is 1. The third kappa shape index (κ3) is 4.41. The van der Waals surface area contributed by atoms with Crippen molar-refractivity contribution in [1.29, 1.82) is 0 Å². The highest BCUT2D eigenvalue weighted by atomic mass is 35.5. The molecule has 1 aromatic heterocycles. The number of amides is 1. The molecule has 0 aliphatic heterocycles. The van der Waals surface area contributed by atoms with Gasteiger partial charge < -0.3 is 5.32 Å². The molecule has 0 fully saturated rings. The van der Waals surface area contributed by atoms with Crippen molar-refractivity contribution in [3.8, 4) is 0 Å². The summed E-state index contributed by atoms with van der Waals surface area (Å²) in [6.45, 7) is 2.14. The predicted octanol–water partition coefficient (Wildman–Crippen LogP) is 3.41. The lowest BCUT2D eigenvalue weighted by Crippen LogP contribution is -2.26. The third-order valence-electron chi connectivity index (χ3n) is 3.96. The van der Waals surface area contributed by atoms with Gasteiger partial charge in [0.2, 0.25) is 0 Å². The Labute approximate surface area is 164 Å². The van der Waals surface area contributed by atoms with Gasteiger partial charge in [0, 0.05) is 17.2 Å². The number of halogens is 1. The molecule has 0 aliphatic carbocycles. The van der Waals surface area contributed by atoms with Crippen molar-refractivity contribution in [1.82, 2.24) is 9.78 Å². The highest BCUT2D eigenvalue weighted by Gasteiger charge is 2.18. The van der Waals surface area contributed by atoms with E-state index in [1.807, 2.05) is 31.2 Å². The molecule has 3 rings (SSSR count). The topological polar surface area (TPSA) is 107 Å². The van der Waals surface area contributed by atoms with Crippen molar-refractivity contribution >= 4 is 28.9 Å². The molecule has 0 saturated carbocycles. The first-order chi connectivity index (χ1) is 13.3. The molecular weight excluding hydrogens is 384 g/mol. The Bertz CT molecular complexity index is 1110. The highest BCUT2D eigenvalue weighted by molar-refractivity contribution is 6.31. The van der Waals surface area contributed by atoms with E-state index in [-0.39, 0.29) is 34.2 Å². The van der Waals surface area contributed by atoms with Crippen LogP contribution in [0.4, 0.5) is 11.4 Å². The van der Waals surface area contributed by atoms with E-state index in [0.717, 1.165) is 15.8 Å². The molecule has 1 N–H and O–H groups in total. The van der Waals surface area contributed by atoms with Crippen LogP contribution in [0.15, 0.2) is 59.4 Å². The molecule has 0 aliphatic rings. The molecule has 8 nitrogen and oxygen atoms in total. The van der Waals surface area contributed by atoms with Crippen LogP contribution >= 0.6 is 11.6 Å². The van der Waals surface area contributed by atoms with Crippen molar-refractivity contribution in [2.45, 2.75) is 13.5 Å². The second kappa shape index (κ2) is 8.01. The molecule has 1 heterocycles. The maximum absolute atomic E-state index is 12.5. The quantitative estimate of drug-likeness (QED) is 0.523. The number of nitrogens with zero attached hydrogens (tertiary/aromatic N) is 3. The van der Waals surface area contributed by atoms with Gasteiger partial charge in [-0.3, -0.25) is 19.7 Å². The number of nitro groups is 1. The van der Waals surface area contributed by atoms with Gasteiger partial charge in [0.15, 0.2) is 0 Å². The zero-order valence-corrected chi connectivity index (χ0v) is 15.5. The first kappa shape index (κ1) is 19.2. The Morgan fingerprint density at radius 1 is 1.18 bits per heavy atom. The fourth-order valence-corrected chi connectivity index (χ4v) is 2.68. The summed E-state index contributed by atoms with van der Waals surface area (Å²) in [6.07, 6.45) is 0. The lowest BCUT2D eigenvalue weighted by Gasteiger charge is -2.09. The number of benzene rings is 2. The summed E-state index contributed by atoms with van der Waals surface area (Å²) in [5.74, 6) is -0.692. The van der Waals surface area contributed by atoms with Crippen LogP contribution in [0.2, 0.25) is 5.02 Å². The third-order valence-corrected chi connectivity index (χ3v) is 4.19. The van der Waals surface area contributed by atoms with Crippen LogP contribution in [0.25, 0.3) is 0 Å². The van der Waals surface area contributed by atoms with Gasteiger partial charge in [0.1, 0.15) is 11.4 Å². The maximum atomic E-state index is 12.5. The molecule has 0 spiro atoms. The molecule has 9 heteroatoms. The fraction of sp³-hybridized carbons (Fsp3) is 0.105. The molecule has 1 amide bonds. The van der Waals surface area contributed by atoms with Crippen molar-refractivity contribution in [2.24, 2.45) is 0 Å². The average Bonchev–Trinajstić information content (AvgIpc) is 2.65. The summed E-state index contributed by atoms with van der Waals surface area (Å²) in [5.41, 5.74) is 1.15. The van der Waals surface area contributed by atoms with Gasteiger partial charge in [-0.15, -0.1) is 0 Å². The Morgan fingerprint density at radius 2 is 1.89 bits per heavy atom. The zero-order chi connectivity index (χ0) is 20.3. The number of anilines is 1. The summed E-state index contributed by atoms with van der Waals surface area (Å²) in [7, 11) is 0. The maximum Gasteiger partial charge on any atom is 0.292 e. The van der Waals surface area contributed by atoms with E-state index in [1.165, 1.54) is 30.3 Å². The molecule has 0 bridgehead atoms. The Kier molecular flexibility index (Phi) is 5.51. The standard InChI is InChI=1S/C19H15ClN4O4/c1-12-2-4-13(5-3-12)11-23-18(25)9-7-15(22-23)19(26)21-16-10-14(20)6-8-17(16)24(27)28/h2-10H,11H2,1H3,(H,21,26). The Morgan fingerprint density at radius 3 is 2.57 bits per heavy atom. The van der Waals surface area contributed by atoms with Crippen LogP contribution in [-0.4, -0.2) is 20.6 Å². The van der Waals surface area contributed by atoms with Crippen LogP contribution in [0.5, 0.6) is 0 Å². The number of carbonyl (C=O) groups excluding carboxylic acids is 1. The molecule has 0 atom stereocenters. The molecule has 2 aromatic carbocycles. The van der Waals surface area contributed by atoms with Crippen molar-refractivity contribution in [2.75, 3.05) is 5.32 Å². The van der Waals surface area contributed by atoms with Gasteiger partial charge in [-0.1, -0.05) is 41.4 Å². The first-order valence-corrected chi connectivity index (χ1v) is 8.60. The van der Waals surface area contributed by atoms with Crippen LogP contribution in [0, 0.1) is 17.0 Å². The van der Waals surface area contributed by atoms with Crippen LogP contribution in [0.1, 0.15) is 21.6 Å². The van der Waals surface area contributed by atoms with E-state index in [0.29, 0.717) is 0 Å². The highest BCUT2D eigenvalue weighted by Crippen LogP contribution is 2.27. The monoisotopic (exact) mass is 398 g/mol. The number of hydrogen-bond acceptors (Lipinski definition) is 5. The van der Waals surface area contributed by atoms with Gasteiger partial charge in [-0.05, 0) is 30.7 Å². The molecule has 3 aromatic rings. The molecule has 0 unspecified atom stereocenters. The van der Waals surface area contributed by atoms with Crippen LogP contribution < -0.4 is 10.9 Å². The smallest absolute Gasteiger partial charge is 0.292 e. The van der Waals surface area contributed by atoms with E-state index < -0.39 is 10.8 Å². The number of nitro benzene ring substituents is 1. The molecule has 0 radical (unpaired) electrons. The van der Waals surface area contributed by atoms with Crippen molar-refractivity contribution in [3.63, 3.8) is 0 Å². The van der Waals surface area contributed by atoms with Gasteiger partial charge in [-0.25, -0.2) is 4.68 Å². The van der Waals surface area contributed by atoms with E-state index in [1.54, 1.807) is 0 Å². The van der Waals surface area contributed by atoms with E-state index >= 15 is 0 Å². The van der Waals surface area contributed by atoms with E-state index in [9.17, 15) is 19.7 Å². The zero-order valence-electron chi connectivity index (χ0n) is 14.8. The van der Waals surface area contributed by atoms with Gasteiger partial charge >= 0.3 is 0 Å². The number of nitrogens with one attached hydrogen (secondary N) is 1. The van der Waals surface area contributed by atoms with Crippen LogP contribution in [0.3, 0.4) is 0 Å². The van der Waals surface area contributed by atoms with Gasteiger partial charge in [-0.2, -0.15) is 5.10 Å². The summed E-state index contributed by atoms with van der Waals surface area (Å²) < 4.78 is 1.16. The second-order valence-corrected chi connectivity index (χ2v) is 6.51. The molecular formula is C19H15ClN4O4. The molecule has 0 saturated heterocycles. The average molecular weight is 399 g/mol. The van der Waals surface area contributed by atoms with Crippen LogP contribution in [-0.2, 0) is 6.54 Å². The summed E-state index contributed by atoms with van der Waals surface area (Å²) in [5, 5.41) is 17.9. The normalized spacial score (nSPS) is 10.5. The fourth-order valence-electron chi connectivity index (χ4n) is 2.50. The van der Waals surface area contributed by atoms with E-state index in [2.05, 4.69) is 10.4 Å². The molecule has 28 heavy (non-hydrogen) atoms. The lowest BCUT2D eigenvalue weighted by molar-refractivity contribution is -0.383. The SMILES string of the molecule is Cc1ccc(Cn2nc(C(=O)Nc3cc(Cl)ccc3[N+](=O)[O-])ccc2=O)cc1. The summed E-state index contributed by atoms with van der Waals surface area (Å²) >= 11 is 5.86. The number of carbonyl (C=O) groups is 1. The van der Waals surface area contributed by atoms with Crippen molar-refractivity contribution in [3.05, 3.63) is 96.9 Å². The van der Waals surface area contributed by atoms with Crippen molar-refractivity contribution < 1.29 is 9.72 Å². The minimum atomic E-state index is -0.692. The lowest BCUT2D eigenvalue weighted by atomic mass is 10.1. The Balaban J connectivity index is 1.87. The first-order valence-electron chi connectivity index (χ1n) is 8.22. The van der Waals surface area contributed by atoms with E-state index in [4.69, 9.17) is 11.6 Å². The minimum Gasteiger partial charge on any atom is -0.315 e. The Hall–Kier alpha value is -3.52. The summed E-state index contributed by atoms with van der Waals surface area (Å²) in [4.78, 5) is 35.1. The predicted molar refractivity (Wildman–Crippen MR) is 105 cm³/mol. The summed E-state index contributed by atoms with van der Waals surface area (Å²) in [6, 6.07) is 13.9.